The van der Waals surface area contributed by atoms with Crippen molar-refractivity contribution in [2.45, 2.75) is 18.6 Å². The van der Waals surface area contributed by atoms with Crippen molar-refractivity contribution in [2.75, 3.05) is 31.7 Å². The molecule has 0 fully saturated rings. The van der Waals surface area contributed by atoms with Crippen LogP contribution in [0, 0.1) is 0 Å². The van der Waals surface area contributed by atoms with Gasteiger partial charge in [0.25, 0.3) is 0 Å². The minimum atomic E-state index is -3.40. The molecular formula is C25H30N2O5S. The van der Waals surface area contributed by atoms with Gasteiger partial charge in [0.1, 0.15) is 0 Å². The highest BCUT2D eigenvalue weighted by atomic mass is 32.2. The SMILES string of the molecule is COc1ccc(C(Cc2ccccc2)NCC(O)c2cccc(NS(C)(=O)=O)c2)cc1OC. The van der Waals surface area contributed by atoms with Gasteiger partial charge < -0.3 is 19.9 Å². The van der Waals surface area contributed by atoms with Crippen LogP contribution in [0.3, 0.4) is 0 Å². The Morgan fingerprint density at radius 1 is 0.879 bits per heavy atom. The number of sulfonamides is 1. The smallest absolute Gasteiger partial charge is 0.229 e. The molecule has 3 aromatic rings. The zero-order chi connectivity index (χ0) is 23.8. The second kappa shape index (κ2) is 11.2. The summed E-state index contributed by atoms with van der Waals surface area (Å²) < 4.78 is 36.3. The molecule has 0 aliphatic carbocycles. The summed E-state index contributed by atoms with van der Waals surface area (Å²) in [7, 11) is -0.200. The quantitative estimate of drug-likeness (QED) is 0.396. The highest BCUT2D eigenvalue weighted by Crippen LogP contribution is 2.31. The van der Waals surface area contributed by atoms with Gasteiger partial charge in [0.2, 0.25) is 10.0 Å². The van der Waals surface area contributed by atoms with Gasteiger partial charge in [0.15, 0.2) is 11.5 Å². The van der Waals surface area contributed by atoms with E-state index in [2.05, 4.69) is 22.2 Å². The lowest BCUT2D eigenvalue weighted by Gasteiger charge is -2.23. The van der Waals surface area contributed by atoms with E-state index in [1.165, 1.54) is 0 Å². The fraction of sp³-hybridized carbons (Fsp3) is 0.280. The number of aliphatic hydroxyl groups excluding tert-OH is 1. The van der Waals surface area contributed by atoms with Gasteiger partial charge in [-0.1, -0.05) is 48.5 Å². The maximum atomic E-state index is 11.5. The molecule has 3 aromatic carbocycles. The van der Waals surface area contributed by atoms with Crippen LogP contribution in [0.5, 0.6) is 11.5 Å². The molecule has 8 heteroatoms. The van der Waals surface area contributed by atoms with Crippen LogP contribution in [-0.4, -0.2) is 40.5 Å². The summed E-state index contributed by atoms with van der Waals surface area (Å²) in [6.07, 6.45) is 0.970. The number of hydrogen-bond donors (Lipinski definition) is 3. The Morgan fingerprint density at radius 2 is 1.61 bits per heavy atom. The molecule has 0 amide bonds. The maximum Gasteiger partial charge on any atom is 0.229 e. The van der Waals surface area contributed by atoms with E-state index in [4.69, 9.17) is 9.47 Å². The fourth-order valence-electron chi connectivity index (χ4n) is 3.62. The summed E-state index contributed by atoms with van der Waals surface area (Å²) in [6.45, 7) is 0.272. The molecule has 0 heterocycles. The first kappa shape index (κ1) is 24.6. The number of rotatable bonds is 11. The average Bonchev–Trinajstić information content (AvgIpc) is 2.80. The molecule has 3 rings (SSSR count). The molecule has 0 saturated carbocycles. The first-order valence-electron chi connectivity index (χ1n) is 10.5. The molecule has 33 heavy (non-hydrogen) atoms. The van der Waals surface area contributed by atoms with E-state index in [1.54, 1.807) is 38.5 Å². The average molecular weight is 471 g/mol. The summed E-state index contributed by atoms with van der Waals surface area (Å²) in [4.78, 5) is 0. The number of hydrogen-bond acceptors (Lipinski definition) is 6. The Hall–Kier alpha value is -3.07. The van der Waals surface area contributed by atoms with Crippen LogP contribution in [0.4, 0.5) is 5.69 Å². The van der Waals surface area contributed by atoms with Crippen LogP contribution >= 0.6 is 0 Å². The molecule has 2 atom stereocenters. The van der Waals surface area contributed by atoms with Gasteiger partial charge in [-0.05, 0) is 47.4 Å². The highest BCUT2D eigenvalue weighted by Gasteiger charge is 2.18. The number of aliphatic hydroxyl groups is 1. The van der Waals surface area contributed by atoms with Crippen molar-refractivity contribution in [1.82, 2.24) is 5.32 Å². The second-order valence-electron chi connectivity index (χ2n) is 7.78. The molecule has 0 bridgehead atoms. The summed E-state index contributed by atoms with van der Waals surface area (Å²) in [5.41, 5.74) is 3.17. The van der Waals surface area contributed by atoms with Crippen molar-refractivity contribution in [3.63, 3.8) is 0 Å². The summed E-state index contributed by atoms with van der Waals surface area (Å²) in [5, 5.41) is 14.3. The van der Waals surface area contributed by atoms with E-state index >= 15 is 0 Å². The van der Waals surface area contributed by atoms with Crippen molar-refractivity contribution < 1.29 is 23.0 Å². The molecule has 0 aliphatic rings. The van der Waals surface area contributed by atoms with E-state index in [-0.39, 0.29) is 12.6 Å². The second-order valence-corrected chi connectivity index (χ2v) is 9.53. The minimum absolute atomic E-state index is 0.0980. The maximum absolute atomic E-state index is 11.5. The van der Waals surface area contributed by atoms with E-state index in [9.17, 15) is 13.5 Å². The van der Waals surface area contributed by atoms with E-state index in [0.717, 1.165) is 17.4 Å². The number of benzene rings is 3. The molecule has 0 radical (unpaired) electrons. The van der Waals surface area contributed by atoms with E-state index < -0.39 is 16.1 Å². The van der Waals surface area contributed by atoms with Gasteiger partial charge in [-0.2, -0.15) is 0 Å². The van der Waals surface area contributed by atoms with Crippen molar-refractivity contribution in [1.29, 1.82) is 0 Å². The van der Waals surface area contributed by atoms with Crippen molar-refractivity contribution in [2.24, 2.45) is 0 Å². The Morgan fingerprint density at radius 3 is 2.27 bits per heavy atom. The van der Waals surface area contributed by atoms with Gasteiger partial charge in [-0.3, -0.25) is 4.72 Å². The van der Waals surface area contributed by atoms with Crippen molar-refractivity contribution in [3.05, 3.63) is 89.5 Å². The lowest BCUT2D eigenvalue weighted by Crippen LogP contribution is -2.28. The van der Waals surface area contributed by atoms with E-state index in [1.807, 2.05) is 36.4 Å². The number of ether oxygens (including phenoxy) is 2. The topological polar surface area (TPSA) is 96.9 Å². The Bertz CT molecular complexity index is 1150. The molecule has 0 aliphatic heterocycles. The third kappa shape index (κ3) is 7.21. The van der Waals surface area contributed by atoms with Gasteiger partial charge in [0.05, 0.1) is 26.6 Å². The van der Waals surface area contributed by atoms with Crippen LogP contribution in [0.15, 0.2) is 72.8 Å². The highest BCUT2D eigenvalue weighted by molar-refractivity contribution is 7.92. The Labute approximate surface area is 195 Å². The summed E-state index contributed by atoms with van der Waals surface area (Å²) in [5.74, 6) is 1.28. The summed E-state index contributed by atoms with van der Waals surface area (Å²) in [6, 6.07) is 22.5. The van der Waals surface area contributed by atoms with Gasteiger partial charge in [-0.15, -0.1) is 0 Å². The third-order valence-corrected chi connectivity index (χ3v) is 5.83. The predicted octanol–water partition coefficient (Wildman–Crippen LogP) is 3.68. The third-order valence-electron chi connectivity index (χ3n) is 5.22. The lowest BCUT2D eigenvalue weighted by molar-refractivity contribution is 0.169. The predicted molar refractivity (Wildman–Crippen MR) is 130 cm³/mol. The molecule has 0 spiro atoms. The van der Waals surface area contributed by atoms with Crippen LogP contribution in [0.2, 0.25) is 0 Å². The Kier molecular flexibility index (Phi) is 8.32. The molecule has 7 nitrogen and oxygen atoms in total. The standard InChI is InChI=1S/C25H30N2O5S/c1-31-24-13-12-19(16-25(24)32-2)22(14-18-8-5-4-6-9-18)26-17-23(28)20-10-7-11-21(15-20)27-33(3,29)30/h4-13,15-16,22-23,26-28H,14,17H2,1-3H3. The van der Waals surface area contributed by atoms with E-state index in [0.29, 0.717) is 29.2 Å². The summed E-state index contributed by atoms with van der Waals surface area (Å²) >= 11 is 0. The van der Waals surface area contributed by atoms with Gasteiger partial charge >= 0.3 is 0 Å². The Balaban J connectivity index is 1.80. The van der Waals surface area contributed by atoms with Crippen molar-refractivity contribution >= 4 is 15.7 Å². The molecule has 0 aromatic heterocycles. The number of anilines is 1. The normalized spacial score (nSPS) is 13.2. The first-order valence-corrected chi connectivity index (χ1v) is 12.4. The molecule has 2 unspecified atom stereocenters. The van der Waals surface area contributed by atoms with Crippen LogP contribution < -0.4 is 19.5 Å². The van der Waals surface area contributed by atoms with Crippen LogP contribution in [-0.2, 0) is 16.4 Å². The van der Waals surface area contributed by atoms with Gasteiger partial charge in [0, 0.05) is 18.3 Å². The lowest BCUT2D eigenvalue weighted by atomic mass is 9.97. The zero-order valence-electron chi connectivity index (χ0n) is 19.0. The van der Waals surface area contributed by atoms with Crippen LogP contribution in [0.25, 0.3) is 0 Å². The minimum Gasteiger partial charge on any atom is -0.493 e. The zero-order valence-corrected chi connectivity index (χ0v) is 19.8. The molecule has 0 saturated heterocycles. The first-order chi connectivity index (χ1) is 15.8. The molecule has 176 valence electrons. The number of nitrogens with one attached hydrogen (secondary N) is 2. The number of methoxy groups -OCH3 is 2. The van der Waals surface area contributed by atoms with Gasteiger partial charge in [-0.25, -0.2) is 8.42 Å². The molecular weight excluding hydrogens is 440 g/mol. The molecule has 3 N–H and O–H groups in total. The largest absolute Gasteiger partial charge is 0.493 e. The van der Waals surface area contributed by atoms with Crippen LogP contribution in [0.1, 0.15) is 28.8 Å². The fourth-order valence-corrected chi connectivity index (χ4v) is 4.18. The monoisotopic (exact) mass is 470 g/mol. The van der Waals surface area contributed by atoms with Crippen molar-refractivity contribution in [3.8, 4) is 11.5 Å².